The maximum Gasteiger partial charge on any atom is 0.330 e. The average molecular weight is 400 g/mol. The summed E-state index contributed by atoms with van der Waals surface area (Å²) in [6.07, 6.45) is 0.377. The fourth-order valence-corrected chi connectivity index (χ4v) is 3.23. The zero-order valence-corrected chi connectivity index (χ0v) is 16.2. The van der Waals surface area contributed by atoms with Crippen LogP contribution in [0.25, 0.3) is 0 Å². The van der Waals surface area contributed by atoms with E-state index in [2.05, 4.69) is 4.98 Å². The number of aromatic nitrogens is 2. The Morgan fingerprint density at radius 3 is 2.45 bits per heavy atom. The molecule has 7 heteroatoms. The predicted molar refractivity (Wildman–Crippen MR) is 106 cm³/mol. The summed E-state index contributed by atoms with van der Waals surface area (Å²) < 4.78 is 33.7. The van der Waals surface area contributed by atoms with Crippen LogP contribution in [0.5, 0.6) is 0 Å². The van der Waals surface area contributed by atoms with Gasteiger partial charge in [0.15, 0.2) is 0 Å². The van der Waals surface area contributed by atoms with Crippen LogP contribution in [0.3, 0.4) is 0 Å². The van der Waals surface area contributed by atoms with Crippen molar-refractivity contribution in [2.24, 2.45) is 0 Å². The number of H-pyrrole nitrogens is 1. The molecule has 0 radical (unpaired) electrons. The minimum Gasteiger partial charge on any atom is -0.356 e. The number of rotatable bonds is 7. The largest absolute Gasteiger partial charge is 0.356 e. The monoisotopic (exact) mass is 400 g/mol. The number of nitrogens with zero attached hydrogens (tertiary/aromatic N) is 1. The maximum atomic E-state index is 13.8. The van der Waals surface area contributed by atoms with Gasteiger partial charge in [0, 0.05) is 29.3 Å². The molecular formula is C22H22F2N2O3. The molecule has 0 saturated heterocycles. The second-order valence-electron chi connectivity index (χ2n) is 7.08. The van der Waals surface area contributed by atoms with Gasteiger partial charge >= 0.3 is 5.69 Å². The van der Waals surface area contributed by atoms with Crippen molar-refractivity contribution in [1.82, 2.24) is 9.55 Å². The molecule has 0 aliphatic carbocycles. The highest BCUT2D eigenvalue weighted by molar-refractivity contribution is 5.28. The van der Waals surface area contributed by atoms with Gasteiger partial charge < -0.3 is 4.74 Å². The third-order valence-electron chi connectivity index (χ3n) is 4.63. The molecule has 0 spiro atoms. The van der Waals surface area contributed by atoms with Crippen molar-refractivity contribution < 1.29 is 13.5 Å². The third kappa shape index (κ3) is 4.86. The summed E-state index contributed by atoms with van der Waals surface area (Å²) in [5, 5.41) is 0. The maximum absolute atomic E-state index is 13.8. The molecule has 0 aliphatic rings. The zero-order valence-electron chi connectivity index (χ0n) is 16.2. The van der Waals surface area contributed by atoms with Crippen LogP contribution < -0.4 is 11.2 Å². The van der Waals surface area contributed by atoms with Gasteiger partial charge in [-0.2, -0.15) is 0 Å². The Morgan fingerprint density at radius 2 is 1.79 bits per heavy atom. The van der Waals surface area contributed by atoms with Crippen LogP contribution in [0.4, 0.5) is 8.78 Å². The molecule has 0 fully saturated rings. The quantitative estimate of drug-likeness (QED) is 0.658. The molecule has 29 heavy (non-hydrogen) atoms. The second kappa shape index (κ2) is 8.96. The Labute approximate surface area is 166 Å². The minimum absolute atomic E-state index is 0.112. The Kier molecular flexibility index (Phi) is 6.39. The van der Waals surface area contributed by atoms with Crippen molar-refractivity contribution in [2.45, 2.75) is 39.5 Å². The van der Waals surface area contributed by atoms with Gasteiger partial charge in [-0.3, -0.25) is 14.3 Å². The molecule has 3 rings (SSSR count). The topological polar surface area (TPSA) is 64.1 Å². The minimum atomic E-state index is -0.716. The Hall–Kier alpha value is -3.06. The first kappa shape index (κ1) is 20.7. The van der Waals surface area contributed by atoms with Gasteiger partial charge in [0.2, 0.25) is 0 Å². The predicted octanol–water partition coefficient (Wildman–Crippen LogP) is 3.70. The molecule has 152 valence electrons. The van der Waals surface area contributed by atoms with E-state index in [4.69, 9.17) is 4.74 Å². The molecule has 0 atom stereocenters. The molecule has 3 aromatic rings. The standard InChI is InChI=1S/C22H22F2N2O3/c1-14(2)20-19(10-15-6-4-3-5-7-15)26(22(28)25-21(20)27)13-29-12-16-8-9-17(23)11-18(16)24/h3-9,11,14H,10,12-13H2,1-2H3,(H,25,27,28). The summed E-state index contributed by atoms with van der Waals surface area (Å²) >= 11 is 0. The first-order valence-corrected chi connectivity index (χ1v) is 9.28. The van der Waals surface area contributed by atoms with Gasteiger partial charge in [-0.15, -0.1) is 0 Å². The van der Waals surface area contributed by atoms with Crippen molar-refractivity contribution in [1.29, 1.82) is 0 Å². The number of halogens is 2. The molecule has 0 amide bonds. The van der Waals surface area contributed by atoms with Crippen LogP contribution in [0.2, 0.25) is 0 Å². The van der Waals surface area contributed by atoms with Gasteiger partial charge in [-0.25, -0.2) is 13.6 Å². The number of aromatic amines is 1. The van der Waals surface area contributed by atoms with Crippen LogP contribution in [0.1, 0.15) is 42.1 Å². The number of ether oxygens (including phenoxy) is 1. The first-order chi connectivity index (χ1) is 13.9. The lowest BCUT2D eigenvalue weighted by Gasteiger charge is -2.18. The van der Waals surface area contributed by atoms with Gasteiger partial charge in [0.1, 0.15) is 18.4 Å². The van der Waals surface area contributed by atoms with Crippen molar-refractivity contribution in [2.75, 3.05) is 0 Å². The van der Waals surface area contributed by atoms with Gasteiger partial charge in [-0.05, 0) is 17.5 Å². The molecule has 0 aliphatic heterocycles. The van der Waals surface area contributed by atoms with E-state index in [-0.39, 0.29) is 24.8 Å². The van der Waals surface area contributed by atoms with E-state index < -0.39 is 22.9 Å². The summed E-state index contributed by atoms with van der Waals surface area (Å²) in [5.74, 6) is -1.50. The lowest BCUT2D eigenvalue weighted by atomic mass is 9.98. The van der Waals surface area contributed by atoms with Gasteiger partial charge in [0.25, 0.3) is 5.56 Å². The highest BCUT2D eigenvalue weighted by Crippen LogP contribution is 2.18. The molecule has 0 saturated carbocycles. The summed E-state index contributed by atoms with van der Waals surface area (Å²) in [6, 6.07) is 12.7. The zero-order chi connectivity index (χ0) is 21.0. The van der Waals surface area contributed by atoms with Gasteiger partial charge in [0.05, 0.1) is 6.61 Å². The molecular weight excluding hydrogens is 378 g/mol. The van der Waals surface area contributed by atoms with E-state index in [0.717, 1.165) is 17.7 Å². The van der Waals surface area contributed by atoms with Gasteiger partial charge in [-0.1, -0.05) is 50.2 Å². The Bertz CT molecular complexity index is 1110. The molecule has 1 aromatic heterocycles. The number of benzene rings is 2. The van der Waals surface area contributed by atoms with Crippen LogP contribution in [-0.2, 0) is 24.5 Å². The van der Waals surface area contributed by atoms with E-state index in [9.17, 15) is 18.4 Å². The summed E-state index contributed by atoms with van der Waals surface area (Å²) in [6.45, 7) is 3.44. The van der Waals surface area contributed by atoms with Crippen LogP contribution in [-0.4, -0.2) is 9.55 Å². The average Bonchev–Trinajstić information content (AvgIpc) is 2.66. The highest BCUT2D eigenvalue weighted by Gasteiger charge is 2.18. The summed E-state index contributed by atoms with van der Waals surface area (Å²) in [5.41, 5.74) is 1.17. The molecule has 2 aromatic carbocycles. The molecule has 1 N–H and O–H groups in total. The smallest absolute Gasteiger partial charge is 0.330 e. The third-order valence-corrected chi connectivity index (χ3v) is 4.63. The normalized spacial score (nSPS) is 11.2. The van der Waals surface area contributed by atoms with Crippen LogP contribution in [0, 0.1) is 11.6 Å². The summed E-state index contributed by atoms with van der Waals surface area (Å²) in [7, 11) is 0. The van der Waals surface area contributed by atoms with Crippen molar-refractivity contribution >= 4 is 0 Å². The SMILES string of the molecule is CC(C)c1c(Cc2ccccc2)n(COCc2ccc(F)cc2F)c(=O)[nH]c1=O. The molecule has 5 nitrogen and oxygen atoms in total. The van der Waals surface area contributed by atoms with E-state index in [1.807, 2.05) is 44.2 Å². The van der Waals surface area contributed by atoms with Crippen molar-refractivity contribution in [3.8, 4) is 0 Å². The van der Waals surface area contributed by atoms with E-state index in [0.29, 0.717) is 17.7 Å². The lowest BCUT2D eigenvalue weighted by Crippen LogP contribution is -2.36. The highest BCUT2D eigenvalue weighted by atomic mass is 19.1. The Morgan fingerprint density at radius 1 is 1.07 bits per heavy atom. The van der Waals surface area contributed by atoms with E-state index in [1.165, 1.54) is 10.6 Å². The number of hydrogen-bond acceptors (Lipinski definition) is 3. The molecule has 0 bridgehead atoms. The van der Waals surface area contributed by atoms with Crippen LogP contribution in [0.15, 0.2) is 58.1 Å². The van der Waals surface area contributed by atoms with E-state index in [1.54, 1.807) is 0 Å². The van der Waals surface area contributed by atoms with Crippen LogP contribution >= 0.6 is 0 Å². The molecule has 1 heterocycles. The first-order valence-electron chi connectivity index (χ1n) is 9.28. The Balaban J connectivity index is 1.93. The molecule has 0 unspecified atom stereocenters. The van der Waals surface area contributed by atoms with E-state index >= 15 is 0 Å². The lowest BCUT2D eigenvalue weighted by molar-refractivity contribution is 0.0571. The number of hydrogen-bond donors (Lipinski definition) is 1. The fraction of sp³-hybridized carbons (Fsp3) is 0.273. The fourth-order valence-electron chi connectivity index (χ4n) is 3.23. The van der Waals surface area contributed by atoms with Crippen molar-refractivity contribution in [3.05, 3.63) is 103 Å². The summed E-state index contributed by atoms with van der Waals surface area (Å²) in [4.78, 5) is 27.2. The number of nitrogens with one attached hydrogen (secondary N) is 1. The van der Waals surface area contributed by atoms with Crippen molar-refractivity contribution in [3.63, 3.8) is 0 Å². The second-order valence-corrected chi connectivity index (χ2v) is 7.08.